The molecule has 0 saturated carbocycles. The van der Waals surface area contributed by atoms with Crippen LogP contribution in [0, 0.1) is 0 Å². The number of fused-ring (bicyclic) bond motifs is 1. The maximum Gasteiger partial charge on any atom is 0.225 e. The van der Waals surface area contributed by atoms with Gasteiger partial charge in [-0.15, -0.1) is 0 Å². The van der Waals surface area contributed by atoms with Crippen LogP contribution in [0.4, 0.5) is 5.69 Å². The molecule has 1 unspecified atom stereocenters. The summed E-state index contributed by atoms with van der Waals surface area (Å²) in [6.45, 7) is 0.989. The SMILES string of the molecule is O=C(CC1CSCCN1)Nc1ccc2cn[nH]c2c1. The van der Waals surface area contributed by atoms with Gasteiger partial charge in [-0.25, -0.2) is 0 Å². The van der Waals surface area contributed by atoms with E-state index in [-0.39, 0.29) is 11.9 Å². The molecule has 1 atom stereocenters. The molecule has 0 radical (unpaired) electrons. The highest BCUT2D eigenvalue weighted by atomic mass is 32.2. The molecule has 1 amide bonds. The number of aromatic nitrogens is 2. The number of amides is 1. The molecule has 5 nitrogen and oxygen atoms in total. The number of thioether (sulfide) groups is 1. The summed E-state index contributed by atoms with van der Waals surface area (Å²) in [5.41, 5.74) is 1.74. The van der Waals surface area contributed by atoms with Crippen LogP contribution >= 0.6 is 11.8 Å². The van der Waals surface area contributed by atoms with Crippen molar-refractivity contribution in [3.05, 3.63) is 24.4 Å². The Bertz CT molecular complexity index is 577. The first-order valence-corrected chi connectivity index (χ1v) is 7.51. The average molecular weight is 276 g/mol. The monoisotopic (exact) mass is 276 g/mol. The molecule has 1 fully saturated rings. The molecule has 1 aliphatic heterocycles. The minimum Gasteiger partial charge on any atom is -0.326 e. The molecular weight excluding hydrogens is 260 g/mol. The zero-order valence-corrected chi connectivity index (χ0v) is 11.3. The van der Waals surface area contributed by atoms with Crippen LogP contribution in [-0.2, 0) is 4.79 Å². The first-order valence-electron chi connectivity index (χ1n) is 6.35. The molecule has 1 aliphatic rings. The van der Waals surface area contributed by atoms with Crippen molar-refractivity contribution in [2.75, 3.05) is 23.4 Å². The van der Waals surface area contributed by atoms with Crippen molar-refractivity contribution in [1.29, 1.82) is 0 Å². The van der Waals surface area contributed by atoms with Gasteiger partial charge in [0.15, 0.2) is 0 Å². The first kappa shape index (κ1) is 12.5. The van der Waals surface area contributed by atoms with Gasteiger partial charge in [-0.3, -0.25) is 9.89 Å². The predicted octanol–water partition coefficient (Wildman–Crippen LogP) is 1.60. The van der Waals surface area contributed by atoms with Crippen molar-refractivity contribution >= 4 is 34.3 Å². The summed E-state index contributed by atoms with van der Waals surface area (Å²) in [6.07, 6.45) is 2.29. The second-order valence-electron chi connectivity index (χ2n) is 4.65. The average Bonchev–Trinajstić information content (AvgIpc) is 2.87. The Morgan fingerprint density at radius 1 is 1.53 bits per heavy atom. The van der Waals surface area contributed by atoms with Gasteiger partial charge in [0, 0.05) is 41.6 Å². The molecule has 0 bridgehead atoms. The number of carbonyl (C=O) groups excluding carboxylic acids is 1. The topological polar surface area (TPSA) is 69.8 Å². The van der Waals surface area contributed by atoms with E-state index in [4.69, 9.17) is 0 Å². The zero-order chi connectivity index (χ0) is 13.1. The molecule has 6 heteroatoms. The lowest BCUT2D eigenvalue weighted by molar-refractivity contribution is -0.116. The van der Waals surface area contributed by atoms with Gasteiger partial charge in [0.25, 0.3) is 0 Å². The summed E-state index contributed by atoms with van der Waals surface area (Å²) in [5.74, 6) is 2.19. The van der Waals surface area contributed by atoms with Crippen molar-refractivity contribution < 1.29 is 4.79 Å². The van der Waals surface area contributed by atoms with Crippen molar-refractivity contribution in [3.8, 4) is 0 Å². The van der Waals surface area contributed by atoms with Crippen LogP contribution in [0.2, 0.25) is 0 Å². The van der Waals surface area contributed by atoms with Gasteiger partial charge in [-0.2, -0.15) is 16.9 Å². The Morgan fingerprint density at radius 3 is 3.32 bits per heavy atom. The lowest BCUT2D eigenvalue weighted by Crippen LogP contribution is -2.39. The van der Waals surface area contributed by atoms with Crippen molar-refractivity contribution in [1.82, 2.24) is 15.5 Å². The van der Waals surface area contributed by atoms with Gasteiger partial charge in [-0.05, 0) is 18.2 Å². The fraction of sp³-hybridized carbons (Fsp3) is 0.385. The molecular formula is C13H16N4OS. The summed E-state index contributed by atoms with van der Waals surface area (Å²) in [4.78, 5) is 12.0. The van der Waals surface area contributed by atoms with Gasteiger partial charge in [0.05, 0.1) is 11.7 Å². The number of benzene rings is 1. The second-order valence-corrected chi connectivity index (χ2v) is 5.80. The number of H-pyrrole nitrogens is 1. The number of hydrogen-bond acceptors (Lipinski definition) is 4. The maximum absolute atomic E-state index is 12.0. The molecule has 3 N–H and O–H groups in total. The number of carbonyl (C=O) groups is 1. The summed E-state index contributed by atoms with van der Waals surface area (Å²) < 4.78 is 0. The third kappa shape index (κ3) is 3.08. The summed E-state index contributed by atoms with van der Waals surface area (Å²) in [6, 6.07) is 6.04. The number of rotatable bonds is 3. The van der Waals surface area contributed by atoms with Crippen molar-refractivity contribution in [2.45, 2.75) is 12.5 Å². The van der Waals surface area contributed by atoms with E-state index in [1.165, 1.54) is 0 Å². The van der Waals surface area contributed by atoms with E-state index in [0.29, 0.717) is 6.42 Å². The van der Waals surface area contributed by atoms with Crippen LogP contribution in [0.5, 0.6) is 0 Å². The number of aromatic amines is 1. The van der Waals surface area contributed by atoms with Crippen LogP contribution in [0.1, 0.15) is 6.42 Å². The summed E-state index contributed by atoms with van der Waals surface area (Å²) in [5, 5.41) is 14.2. The second kappa shape index (κ2) is 5.63. The fourth-order valence-electron chi connectivity index (χ4n) is 2.20. The molecule has 1 aromatic heterocycles. The van der Waals surface area contributed by atoms with E-state index in [1.807, 2.05) is 30.0 Å². The number of nitrogens with zero attached hydrogens (tertiary/aromatic N) is 1. The standard InChI is InChI=1S/C13H16N4OS/c18-13(6-11-8-19-4-3-14-11)16-10-2-1-9-7-15-17-12(9)5-10/h1-2,5,7,11,14H,3-4,6,8H2,(H,15,17)(H,16,18). The van der Waals surface area contributed by atoms with Crippen LogP contribution in [-0.4, -0.2) is 40.2 Å². The molecule has 2 heterocycles. The van der Waals surface area contributed by atoms with E-state index >= 15 is 0 Å². The number of anilines is 1. The highest BCUT2D eigenvalue weighted by molar-refractivity contribution is 7.99. The van der Waals surface area contributed by atoms with Crippen molar-refractivity contribution in [2.24, 2.45) is 0 Å². The van der Waals surface area contributed by atoms with Crippen LogP contribution in [0.25, 0.3) is 10.9 Å². The van der Waals surface area contributed by atoms with E-state index in [1.54, 1.807) is 6.20 Å². The Balaban J connectivity index is 1.61. The molecule has 2 aromatic rings. The third-order valence-electron chi connectivity index (χ3n) is 3.16. The minimum absolute atomic E-state index is 0.0545. The Kier molecular flexibility index (Phi) is 3.70. The van der Waals surface area contributed by atoms with Gasteiger partial charge >= 0.3 is 0 Å². The van der Waals surface area contributed by atoms with Crippen LogP contribution in [0.15, 0.2) is 24.4 Å². The Labute approximate surface area is 115 Å². The first-order chi connectivity index (χ1) is 9.31. The lowest BCUT2D eigenvalue weighted by atomic mass is 10.2. The van der Waals surface area contributed by atoms with E-state index in [9.17, 15) is 4.79 Å². The third-order valence-corrected chi connectivity index (χ3v) is 4.29. The Hall–Kier alpha value is -1.53. The largest absolute Gasteiger partial charge is 0.326 e. The molecule has 3 rings (SSSR count). The molecule has 0 spiro atoms. The summed E-state index contributed by atoms with van der Waals surface area (Å²) in [7, 11) is 0. The molecule has 100 valence electrons. The smallest absolute Gasteiger partial charge is 0.225 e. The summed E-state index contributed by atoms with van der Waals surface area (Å²) >= 11 is 1.90. The van der Waals surface area contributed by atoms with Crippen molar-refractivity contribution in [3.63, 3.8) is 0 Å². The number of hydrogen-bond donors (Lipinski definition) is 3. The quantitative estimate of drug-likeness (QED) is 0.796. The molecule has 1 saturated heterocycles. The molecule has 19 heavy (non-hydrogen) atoms. The maximum atomic E-state index is 12.0. The van der Waals surface area contributed by atoms with E-state index in [2.05, 4.69) is 20.8 Å². The van der Waals surface area contributed by atoms with Gasteiger partial charge in [-0.1, -0.05) is 0 Å². The van der Waals surface area contributed by atoms with E-state index in [0.717, 1.165) is 34.6 Å². The molecule has 1 aromatic carbocycles. The van der Waals surface area contributed by atoms with Crippen LogP contribution in [0.3, 0.4) is 0 Å². The lowest BCUT2D eigenvalue weighted by Gasteiger charge is -2.22. The van der Waals surface area contributed by atoms with Gasteiger partial charge in [0.2, 0.25) is 5.91 Å². The predicted molar refractivity (Wildman–Crippen MR) is 78.5 cm³/mol. The van der Waals surface area contributed by atoms with Gasteiger partial charge in [0.1, 0.15) is 0 Å². The van der Waals surface area contributed by atoms with Crippen LogP contribution < -0.4 is 10.6 Å². The Morgan fingerprint density at radius 2 is 2.47 bits per heavy atom. The normalized spacial score (nSPS) is 19.5. The molecule has 0 aliphatic carbocycles. The zero-order valence-electron chi connectivity index (χ0n) is 10.5. The number of nitrogens with one attached hydrogen (secondary N) is 3. The highest BCUT2D eigenvalue weighted by Gasteiger charge is 2.16. The van der Waals surface area contributed by atoms with Gasteiger partial charge < -0.3 is 10.6 Å². The highest BCUT2D eigenvalue weighted by Crippen LogP contribution is 2.17. The fourth-order valence-corrected chi connectivity index (χ4v) is 3.15. The van der Waals surface area contributed by atoms with E-state index < -0.39 is 0 Å². The minimum atomic E-state index is 0.0545.